The summed E-state index contributed by atoms with van der Waals surface area (Å²) in [6.07, 6.45) is 0. The summed E-state index contributed by atoms with van der Waals surface area (Å²) in [4.78, 5) is 0. The van der Waals surface area contributed by atoms with Crippen molar-refractivity contribution >= 4 is 11.8 Å². The van der Waals surface area contributed by atoms with Crippen molar-refractivity contribution in [2.45, 2.75) is 32.6 Å². The van der Waals surface area contributed by atoms with Gasteiger partial charge in [-0.3, -0.25) is 0 Å². The topological polar surface area (TPSA) is 12.0 Å². The Morgan fingerprint density at radius 1 is 1.27 bits per heavy atom. The van der Waals surface area contributed by atoms with Gasteiger partial charge in [-0.15, -0.1) is 0 Å². The molecule has 2 heteroatoms. The molecule has 1 N–H and O–H groups in total. The summed E-state index contributed by atoms with van der Waals surface area (Å²) in [7, 11) is 0. The molecule has 1 aromatic rings. The number of aryl methyl sites for hydroxylation is 1. The van der Waals surface area contributed by atoms with Crippen molar-refractivity contribution in [3.05, 3.63) is 35.4 Å². The lowest BCUT2D eigenvalue weighted by atomic mass is 10.1. The zero-order chi connectivity index (χ0) is 11.1. The van der Waals surface area contributed by atoms with Crippen LogP contribution in [0.25, 0.3) is 0 Å². The Balaban J connectivity index is 2.18. The first kappa shape index (κ1) is 12.6. The summed E-state index contributed by atoms with van der Waals surface area (Å²) in [5.74, 6) is 2.32. The number of benzene rings is 1. The second-order valence-electron chi connectivity index (χ2n) is 4.09. The van der Waals surface area contributed by atoms with E-state index in [2.05, 4.69) is 50.4 Å². The van der Waals surface area contributed by atoms with Crippen LogP contribution in [0.1, 0.15) is 25.0 Å². The summed E-state index contributed by atoms with van der Waals surface area (Å²) in [5, 5.41) is 3.43. The molecule has 0 aliphatic carbocycles. The fourth-order valence-electron chi connectivity index (χ4n) is 1.37. The highest BCUT2D eigenvalue weighted by atomic mass is 32.2. The molecular formula is C13H21NS. The zero-order valence-corrected chi connectivity index (χ0v) is 10.7. The molecule has 0 saturated carbocycles. The van der Waals surface area contributed by atoms with Gasteiger partial charge in [0.25, 0.3) is 0 Å². The summed E-state index contributed by atoms with van der Waals surface area (Å²) in [5.41, 5.74) is 2.87. The van der Waals surface area contributed by atoms with Crippen molar-refractivity contribution in [1.82, 2.24) is 5.32 Å². The van der Waals surface area contributed by atoms with E-state index in [1.807, 2.05) is 11.8 Å². The number of hydrogen-bond acceptors (Lipinski definition) is 2. The molecule has 0 spiro atoms. The Hall–Kier alpha value is -0.470. The summed E-state index contributed by atoms with van der Waals surface area (Å²) < 4.78 is 0. The van der Waals surface area contributed by atoms with Crippen LogP contribution in [-0.4, -0.2) is 18.3 Å². The first-order valence-electron chi connectivity index (χ1n) is 5.56. The van der Waals surface area contributed by atoms with Gasteiger partial charge in [-0.25, -0.2) is 0 Å². The van der Waals surface area contributed by atoms with Crippen molar-refractivity contribution in [1.29, 1.82) is 0 Å². The average molecular weight is 223 g/mol. The maximum Gasteiger partial charge on any atom is 0.0187 e. The molecule has 0 aromatic heterocycles. The van der Waals surface area contributed by atoms with Crippen LogP contribution in [0, 0.1) is 6.92 Å². The van der Waals surface area contributed by atoms with Crippen LogP contribution in [-0.2, 0) is 5.75 Å². The molecule has 0 atom stereocenters. The molecule has 0 aliphatic heterocycles. The fraction of sp³-hybridized carbons (Fsp3) is 0.538. The highest BCUT2D eigenvalue weighted by Gasteiger charge is 1.97. The predicted molar refractivity (Wildman–Crippen MR) is 70.5 cm³/mol. The van der Waals surface area contributed by atoms with E-state index in [4.69, 9.17) is 0 Å². The SMILES string of the molecule is Cc1ccccc1CSCCNC(C)C. The molecule has 0 aliphatic rings. The molecule has 0 fully saturated rings. The molecule has 1 aromatic carbocycles. The molecular weight excluding hydrogens is 202 g/mol. The Bertz CT molecular complexity index is 284. The van der Waals surface area contributed by atoms with Gasteiger partial charge in [0, 0.05) is 24.1 Å². The minimum atomic E-state index is 0.601. The lowest BCUT2D eigenvalue weighted by Gasteiger charge is -2.08. The van der Waals surface area contributed by atoms with E-state index in [0.717, 1.165) is 12.3 Å². The van der Waals surface area contributed by atoms with Crippen LogP contribution in [0.15, 0.2) is 24.3 Å². The van der Waals surface area contributed by atoms with Gasteiger partial charge < -0.3 is 5.32 Å². The van der Waals surface area contributed by atoms with E-state index in [0.29, 0.717) is 6.04 Å². The van der Waals surface area contributed by atoms with Gasteiger partial charge in [0.15, 0.2) is 0 Å². The smallest absolute Gasteiger partial charge is 0.0187 e. The first-order chi connectivity index (χ1) is 7.20. The fourth-order valence-corrected chi connectivity index (χ4v) is 2.32. The van der Waals surface area contributed by atoms with Crippen LogP contribution in [0.2, 0.25) is 0 Å². The first-order valence-corrected chi connectivity index (χ1v) is 6.71. The molecule has 0 saturated heterocycles. The van der Waals surface area contributed by atoms with Gasteiger partial charge in [0.1, 0.15) is 0 Å². The van der Waals surface area contributed by atoms with Gasteiger partial charge in [0.2, 0.25) is 0 Å². The van der Waals surface area contributed by atoms with Crippen molar-refractivity contribution in [3.63, 3.8) is 0 Å². The third-order valence-electron chi connectivity index (χ3n) is 2.32. The van der Waals surface area contributed by atoms with Crippen molar-refractivity contribution in [3.8, 4) is 0 Å². The quantitative estimate of drug-likeness (QED) is 0.743. The number of hydrogen-bond donors (Lipinski definition) is 1. The Kier molecular flexibility index (Phi) is 5.81. The van der Waals surface area contributed by atoms with E-state index < -0.39 is 0 Å². The van der Waals surface area contributed by atoms with Crippen LogP contribution >= 0.6 is 11.8 Å². The Morgan fingerprint density at radius 2 is 2.00 bits per heavy atom. The summed E-state index contributed by atoms with van der Waals surface area (Å²) in [6.45, 7) is 7.66. The van der Waals surface area contributed by atoms with Crippen LogP contribution in [0.4, 0.5) is 0 Å². The largest absolute Gasteiger partial charge is 0.314 e. The summed E-state index contributed by atoms with van der Waals surface area (Å²) >= 11 is 2.00. The average Bonchev–Trinajstić information content (AvgIpc) is 2.20. The van der Waals surface area contributed by atoms with E-state index in [1.165, 1.54) is 16.9 Å². The molecule has 84 valence electrons. The van der Waals surface area contributed by atoms with E-state index in [9.17, 15) is 0 Å². The third kappa shape index (κ3) is 5.24. The van der Waals surface area contributed by atoms with Gasteiger partial charge in [-0.2, -0.15) is 11.8 Å². The summed E-state index contributed by atoms with van der Waals surface area (Å²) in [6, 6.07) is 9.23. The number of thioether (sulfide) groups is 1. The predicted octanol–water partition coefficient (Wildman–Crippen LogP) is 3.23. The highest BCUT2D eigenvalue weighted by Crippen LogP contribution is 2.15. The van der Waals surface area contributed by atoms with Crippen LogP contribution < -0.4 is 5.32 Å². The maximum atomic E-state index is 3.43. The van der Waals surface area contributed by atoms with E-state index >= 15 is 0 Å². The number of rotatable bonds is 6. The third-order valence-corrected chi connectivity index (χ3v) is 3.33. The lowest BCUT2D eigenvalue weighted by molar-refractivity contribution is 0.616. The molecule has 0 unspecified atom stereocenters. The Morgan fingerprint density at radius 3 is 2.67 bits per heavy atom. The standard InChI is InChI=1S/C13H21NS/c1-11(2)14-8-9-15-10-13-7-5-4-6-12(13)3/h4-7,11,14H,8-10H2,1-3H3. The number of nitrogens with one attached hydrogen (secondary N) is 1. The maximum absolute atomic E-state index is 3.43. The van der Waals surface area contributed by atoms with Gasteiger partial charge in [-0.1, -0.05) is 38.1 Å². The van der Waals surface area contributed by atoms with E-state index in [1.54, 1.807) is 0 Å². The van der Waals surface area contributed by atoms with Crippen molar-refractivity contribution in [2.75, 3.05) is 12.3 Å². The van der Waals surface area contributed by atoms with Gasteiger partial charge in [0.05, 0.1) is 0 Å². The Labute approximate surface area is 97.7 Å². The van der Waals surface area contributed by atoms with E-state index in [-0.39, 0.29) is 0 Å². The lowest BCUT2D eigenvalue weighted by Crippen LogP contribution is -2.24. The molecule has 0 radical (unpaired) electrons. The molecule has 15 heavy (non-hydrogen) atoms. The molecule has 1 rings (SSSR count). The molecule has 0 bridgehead atoms. The molecule has 1 nitrogen and oxygen atoms in total. The monoisotopic (exact) mass is 223 g/mol. The van der Waals surface area contributed by atoms with Crippen molar-refractivity contribution in [2.24, 2.45) is 0 Å². The highest BCUT2D eigenvalue weighted by molar-refractivity contribution is 7.98. The second-order valence-corrected chi connectivity index (χ2v) is 5.19. The van der Waals surface area contributed by atoms with Gasteiger partial charge >= 0.3 is 0 Å². The van der Waals surface area contributed by atoms with Crippen molar-refractivity contribution < 1.29 is 0 Å². The molecule has 0 heterocycles. The molecule has 0 amide bonds. The minimum Gasteiger partial charge on any atom is -0.314 e. The second kappa shape index (κ2) is 6.91. The minimum absolute atomic E-state index is 0.601. The van der Waals surface area contributed by atoms with Gasteiger partial charge in [-0.05, 0) is 18.1 Å². The normalized spacial score (nSPS) is 10.9. The van der Waals surface area contributed by atoms with Crippen LogP contribution in [0.3, 0.4) is 0 Å². The zero-order valence-electron chi connectivity index (χ0n) is 9.92. The van der Waals surface area contributed by atoms with Crippen LogP contribution in [0.5, 0.6) is 0 Å².